The Balaban J connectivity index is 1.95. The third kappa shape index (κ3) is 1.82. The molecule has 0 bridgehead atoms. The number of benzene rings is 1. The van der Waals surface area contributed by atoms with Gasteiger partial charge in [-0.05, 0) is 12.1 Å². The van der Waals surface area contributed by atoms with Crippen molar-refractivity contribution in [1.82, 2.24) is 0 Å². The van der Waals surface area contributed by atoms with E-state index < -0.39 is 12.0 Å². The number of primary amides is 1. The first-order valence-corrected chi connectivity index (χ1v) is 6.13. The van der Waals surface area contributed by atoms with E-state index in [0.717, 1.165) is 5.56 Å². The first-order chi connectivity index (χ1) is 9.61. The molecule has 0 aromatic heterocycles. The molecule has 0 saturated carbocycles. The van der Waals surface area contributed by atoms with Gasteiger partial charge >= 0.3 is 0 Å². The first kappa shape index (κ1) is 12.6. The highest BCUT2D eigenvalue weighted by atomic mass is 16.7. The summed E-state index contributed by atoms with van der Waals surface area (Å²) in [6.07, 6.45) is -0.402. The molecule has 2 aliphatic heterocycles. The zero-order chi connectivity index (χ0) is 14.3. The second kappa shape index (κ2) is 4.59. The van der Waals surface area contributed by atoms with Gasteiger partial charge in [-0.3, -0.25) is 4.79 Å². The Kier molecular flexibility index (Phi) is 2.89. The summed E-state index contributed by atoms with van der Waals surface area (Å²) < 4.78 is 16.0. The highest BCUT2D eigenvalue weighted by Gasteiger charge is 2.36. The number of rotatable bonds is 3. The molecule has 2 atom stereocenters. The van der Waals surface area contributed by atoms with Crippen molar-refractivity contribution in [3.8, 4) is 17.2 Å². The molecule has 0 spiro atoms. The topological polar surface area (TPSA) is 92.4 Å². The van der Waals surface area contributed by atoms with Gasteiger partial charge in [-0.25, -0.2) is 0 Å². The van der Waals surface area contributed by atoms with Crippen molar-refractivity contribution in [1.29, 1.82) is 0 Å². The maximum Gasteiger partial charge on any atom is 0.266 e. The molecule has 0 radical (unpaired) electrons. The largest absolute Gasteiger partial charge is 0.493 e. The van der Waals surface area contributed by atoms with Gasteiger partial charge in [-0.1, -0.05) is 12.1 Å². The van der Waals surface area contributed by atoms with Gasteiger partial charge in [-0.2, -0.15) is 0 Å². The van der Waals surface area contributed by atoms with Gasteiger partial charge in [0.15, 0.2) is 23.3 Å². The number of oxime groups is 1. The number of nitrogens with zero attached hydrogens (tertiary/aromatic N) is 1. The van der Waals surface area contributed by atoms with Gasteiger partial charge in [0.05, 0.1) is 13.0 Å². The predicted octanol–water partition coefficient (Wildman–Crippen LogP) is 0.973. The Hall–Kier alpha value is -2.44. The van der Waals surface area contributed by atoms with Gasteiger partial charge in [0.25, 0.3) is 5.91 Å². The molecule has 1 aromatic rings. The van der Waals surface area contributed by atoms with Crippen LogP contribution in [0.3, 0.4) is 0 Å². The van der Waals surface area contributed by atoms with Crippen molar-refractivity contribution in [3.63, 3.8) is 0 Å². The van der Waals surface area contributed by atoms with E-state index in [4.69, 9.17) is 24.8 Å². The maximum absolute atomic E-state index is 11.2. The number of carbonyl (C=O) groups is 1. The summed E-state index contributed by atoms with van der Waals surface area (Å²) in [6, 6.07) is 3.58. The summed E-state index contributed by atoms with van der Waals surface area (Å²) in [6.45, 7) is 1.98. The van der Waals surface area contributed by atoms with Crippen LogP contribution < -0.4 is 19.9 Å². The Labute approximate surface area is 115 Å². The molecule has 1 amide bonds. The third-order valence-electron chi connectivity index (χ3n) is 3.41. The van der Waals surface area contributed by atoms with Crippen molar-refractivity contribution < 1.29 is 23.8 Å². The van der Waals surface area contributed by atoms with Crippen LogP contribution in [0.5, 0.6) is 17.2 Å². The minimum absolute atomic E-state index is 0.152. The van der Waals surface area contributed by atoms with Gasteiger partial charge in [0.2, 0.25) is 12.5 Å². The number of methoxy groups -OCH3 is 1. The minimum atomic E-state index is -0.576. The fourth-order valence-corrected chi connectivity index (χ4v) is 2.36. The highest BCUT2D eigenvalue weighted by Crippen LogP contribution is 2.45. The predicted molar refractivity (Wildman–Crippen MR) is 68.7 cm³/mol. The SMILES string of the molecule is COc1cc(C2ON=C(C(N)=O)C2C)cc2c1OCO2. The number of carbonyl (C=O) groups excluding carboxylic acids is 1. The van der Waals surface area contributed by atoms with Gasteiger partial charge < -0.3 is 24.8 Å². The van der Waals surface area contributed by atoms with Crippen molar-refractivity contribution in [2.24, 2.45) is 16.8 Å². The highest BCUT2D eigenvalue weighted by molar-refractivity contribution is 6.39. The smallest absolute Gasteiger partial charge is 0.266 e. The summed E-state index contributed by atoms with van der Waals surface area (Å²) in [5, 5.41) is 3.75. The summed E-state index contributed by atoms with van der Waals surface area (Å²) in [4.78, 5) is 16.6. The summed E-state index contributed by atoms with van der Waals surface area (Å²) in [7, 11) is 1.55. The molecule has 2 unspecified atom stereocenters. The lowest BCUT2D eigenvalue weighted by Crippen LogP contribution is -2.28. The zero-order valence-electron chi connectivity index (χ0n) is 11.1. The van der Waals surface area contributed by atoms with E-state index in [1.807, 2.05) is 6.92 Å². The Morgan fingerprint density at radius 2 is 2.25 bits per heavy atom. The van der Waals surface area contributed by atoms with E-state index in [1.165, 1.54) is 0 Å². The second-order valence-electron chi connectivity index (χ2n) is 4.61. The monoisotopic (exact) mass is 278 g/mol. The number of hydrogen-bond donors (Lipinski definition) is 1. The van der Waals surface area contributed by atoms with Crippen LogP contribution in [0.25, 0.3) is 0 Å². The van der Waals surface area contributed by atoms with Crippen LogP contribution in [0.4, 0.5) is 0 Å². The lowest BCUT2D eigenvalue weighted by atomic mass is 9.93. The molecule has 2 N–H and O–H groups in total. The number of ether oxygens (including phenoxy) is 3. The van der Waals surface area contributed by atoms with Crippen molar-refractivity contribution >= 4 is 11.6 Å². The molecule has 2 heterocycles. The van der Waals surface area contributed by atoms with E-state index >= 15 is 0 Å². The first-order valence-electron chi connectivity index (χ1n) is 6.13. The Bertz CT molecular complexity index is 599. The van der Waals surface area contributed by atoms with Gasteiger partial charge in [-0.15, -0.1) is 0 Å². The van der Waals surface area contributed by atoms with E-state index in [-0.39, 0.29) is 18.4 Å². The molecule has 7 heteroatoms. The van der Waals surface area contributed by atoms with Crippen LogP contribution in [0, 0.1) is 5.92 Å². The molecule has 106 valence electrons. The molecule has 1 aromatic carbocycles. The van der Waals surface area contributed by atoms with Crippen molar-refractivity contribution in [3.05, 3.63) is 17.7 Å². The summed E-state index contributed by atoms with van der Waals surface area (Å²) >= 11 is 0. The van der Waals surface area contributed by atoms with E-state index in [2.05, 4.69) is 5.16 Å². The molecule has 2 aliphatic rings. The van der Waals surface area contributed by atoms with Gasteiger partial charge in [0, 0.05) is 5.56 Å². The van der Waals surface area contributed by atoms with E-state index in [9.17, 15) is 4.79 Å². The number of nitrogens with two attached hydrogens (primary N) is 1. The lowest BCUT2D eigenvalue weighted by molar-refractivity contribution is -0.112. The molecule has 0 saturated heterocycles. The minimum Gasteiger partial charge on any atom is -0.493 e. The van der Waals surface area contributed by atoms with Crippen LogP contribution in [0.2, 0.25) is 0 Å². The average Bonchev–Trinajstić information content (AvgIpc) is 3.03. The van der Waals surface area contributed by atoms with Crippen LogP contribution >= 0.6 is 0 Å². The molecule has 0 fully saturated rings. The molecule has 0 aliphatic carbocycles. The second-order valence-corrected chi connectivity index (χ2v) is 4.61. The number of amides is 1. The Morgan fingerprint density at radius 1 is 1.45 bits per heavy atom. The molecule has 3 rings (SSSR count). The third-order valence-corrected chi connectivity index (χ3v) is 3.41. The van der Waals surface area contributed by atoms with Crippen LogP contribution in [-0.2, 0) is 9.63 Å². The average molecular weight is 278 g/mol. The number of hydrogen-bond acceptors (Lipinski definition) is 6. The molecule has 20 heavy (non-hydrogen) atoms. The van der Waals surface area contributed by atoms with Crippen LogP contribution in [0.15, 0.2) is 17.3 Å². The normalized spacial score (nSPS) is 23.2. The zero-order valence-corrected chi connectivity index (χ0v) is 11.1. The molecular formula is C13H14N2O5. The van der Waals surface area contributed by atoms with E-state index in [1.54, 1.807) is 19.2 Å². The molecule has 7 nitrogen and oxygen atoms in total. The van der Waals surface area contributed by atoms with Gasteiger partial charge in [0.1, 0.15) is 0 Å². The lowest BCUT2D eigenvalue weighted by Gasteiger charge is -2.16. The number of fused-ring (bicyclic) bond motifs is 1. The van der Waals surface area contributed by atoms with E-state index in [0.29, 0.717) is 17.2 Å². The molecular weight excluding hydrogens is 264 g/mol. The standard InChI is InChI=1S/C13H14N2O5/c1-6-10(13(14)16)15-20-11(6)7-3-8(17-2)12-9(4-7)18-5-19-12/h3-4,6,11H,5H2,1-2H3,(H2,14,16). The quantitative estimate of drug-likeness (QED) is 0.889. The Morgan fingerprint density at radius 3 is 2.90 bits per heavy atom. The van der Waals surface area contributed by atoms with Crippen LogP contribution in [-0.4, -0.2) is 25.5 Å². The summed E-state index contributed by atoms with van der Waals surface area (Å²) in [5.74, 6) is 0.893. The fourth-order valence-electron chi connectivity index (χ4n) is 2.36. The van der Waals surface area contributed by atoms with Crippen molar-refractivity contribution in [2.45, 2.75) is 13.0 Å². The van der Waals surface area contributed by atoms with Crippen molar-refractivity contribution in [2.75, 3.05) is 13.9 Å². The van der Waals surface area contributed by atoms with Crippen LogP contribution in [0.1, 0.15) is 18.6 Å². The fraction of sp³-hybridized carbons (Fsp3) is 0.385. The summed E-state index contributed by atoms with van der Waals surface area (Å²) in [5.41, 5.74) is 6.27. The maximum atomic E-state index is 11.2.